The molecule has 13 heteroatoms. The molecule has 0 bridgehead atoms. The normalized spacial score (nSPS) is 20.6. The molecule has 2 unspecified atom stereocenters. The van der Waals surface area contributed by atoms with Crippen LogP contribution in [0.5, 0.6) is 0 Å². The molecule has 1 aliphatic heterocycles. The second-order valence-corrected chi connectivity index (χ2v) is 17.2. The van der Waals surface area contributed by atoms with Gasteiger partial charge < -0.3 is 34.3 Å². The van der Waals surface area contributed by atoms with Crippen molar-refractivity contribution in [3.05, 3.63) is 109 Å². The fourth-order valence-corrected chi connectivity index (χ4v) is 6.94. The predicted molar refractivity (Wildman–Crippen MR) is 256 cm³/mol. The van der Waals surface area contributed by atoms with Gasteiger partial charge in [0.15, 0.2) is 12.4 Å². The molecule has 0 radical (unpaired) electrons. The van der Waals surface area contributed by atoms with Crippen LogP contribution in [0.1, 0.15) is 142 Å². The van der Waals surface area contributed by atoms with Crippen LogP contribution in [-0.4, -0.2) is 96.0 Å². The molecule has 0 amide bonds. The minimum Gasteiger partial charge on any atom is -0.462 e. The smallest absolute Gasteiger partial charge is 0.306 e. The van der Waals surface area contributed by atoms with Gasteiger partial charge in [-0.15, -0.1) is 0 Å². The molecular formula is C51H80O12S. The molecule has 362 valence electrons. The Balaban J connectivity index is 2.54. The maximum atomic E-state index is 12.8. The molecule has 4 N–H and O–H groups in total. The van der Waals surface area contributed by atoms with Gasteiger partial charge in [-0.1, -0.05) is 155 Å². The summed E-state index contributed by atoms with van der Waals surface area (Å²) in [5.74, 6) is -2.18. The Hall–Kier alpha value is -3.69. The highest BCUT2D eigenvalue weighted by Crippen LogP contribution is 2.24. The van der Waals surface area contributed by atoms with Gasteiger partial charge in [0.2, 0.25) is 0 Å². The van der Waals surface area contributed by atoms with Gasteiger partial charge in [0.25, 0.3) is 10.1 Å². The zero-order chi connectivity index (χ0) is 46.9. The first-order chi connectivity index (χ1) is 31.0. The molecule has 64 heavy (non-hydrogen) atoms. The summed E-state index contributed by atoms with van der Waals surface area (Å²) >= 11 is 0. The number of unbranched alkanes of at least 4 members (excludes halogenated alkanes) is 7. The molecule has 1 fully saturated rings. The minimum atomic E-state index is -4.62. The number of ether oxygens (including phenoxy) is 4. The first-order valence-electron chi connectivity index (χ1n) is 23.4. The zero-order valence-electron chi connectivity index (χ0n) is 38.6. The average molecular weight is 917 g/mol. The van der Waals surface area contributed by atoms with Crippen LogP contribution in [0.3, 0.4) is 0 Å². The summed E-state index contributed by atoms with van der Waals surface area (Å²) in [6.45, 7) is 3.52. The molecule has 12 nitrogen and oxygen atoms in total. The number of carbonyl (C=O) groups excluding carboxylic acids is 2. The van der Waals surface area contributed by atoms with E-state index in [1.54, 1.807) is 0 Å². The standard InChI is InChI=1S/C51H80O12S/c1-3-5-7-9-11-13-15-17-19-21-22-24-25-27-29-31-33-35-37-39-46(52)60-41-44(42-61-51-50(56)49(55)48(54)45(63-51)43-64(57,58)59)62-47(53)40-38-36-34-32-30-28-26-23-20-18-16-14-12-10-8-6-4-2/h5,7,11,13,17-20,22,24,26-29,32-35,44-45,48-51,54-56H,3-4,6,8-10,12,14-16,21,23,25,30-31,36-43H2,1-2H3,(H,57,58,59)/b7-5+,13-11+,19-17+,20-18+,24-22+,28-26+,29-27+,34-32+,35-33+/t44-,45-,48-,49?,50?,51+/m1/s1. The number of hydrogen-bond donors (Lipinski definition) is 4. The molecule has 0 aromatic heterocycles. The Morgan fingerprint density at radius 1 is 0.547 bits per heavy atom. The van der Waals surface area contributed by atoms with Crippen LogP contribution in [0, 0.1) is 0 Å². The van der Waals surface area contributed by atoms with Crippen molar-refractivity contribution in [1.82, 2.24) is 0 Å². The summed E-state index contributed by atoms with van der Waals surface area (Å²) in [5, 5.41) is 30.9. The molecule has 0 saturated carbocycles. The van der Waals surface area contributed by atoms with Gasteiger partial charge >= 0.3 is 11.9 Å². The van der Waals surface area contributed by atoms with Crippen molar-refractivity contribution in [1.29, 1.82) is 0 Å². The van der Waals surface area contributed by atoms with Crippen molar-refractivity contribution in [2.45, 2.75) is 179 Å². The van der Waals surface area contributed by atoms with Crippen LogP contribution >= 0.6 is 0 Å². The van der Waals surface area contributed by atoms with Crippen LogP contribution in [0.25, 0.3) is 0 Å². The highest BCUT2D eigenvalue weighted by Gasteiger charge is 2.46. The van der Waals surface area contributed by atoms with Gasteiger partial charge in [0, 0.05) is 12.8 Å². The van der Waals surface area contributed by atoms with Crippen molar-refractivity contribution in [2.24, 2.45) is 0 Å². The summed E-state index contributed by atoms with van der Waals surface area (Å²) in [5.41, 5.74) is 0. The molecule has 1 rings (SSSR count). The van der Waals surface area contributed by atoms with Crippen molar-refractivity contribution < 1.29 is 56.8 Å². The molecule has 1 aliphatic rings. The van der Waals surface area contributed by atoms with Crippen molar-refractivity contribution in [3.63, 3.8) is 0 Å². The minimum absolute atomic E-state index is 0.0700. The lowest BCUT2D eigenvalue weighted by Crippen LogP contribution is -2.60. The number of hydrogen-bond acceptors (Lipinski definition) is 11. The number of rotatable bonds is 37. The fraction of sp³-hybridized carbons (Fsp3) is 0.608. The summed E-state index contributed by atoms with van der Waals surface area (Å²) in [7, 11) is -4.62. The van der Waals surface area contributed by atoms with E-state index in [-0.39, 0.29) is 19.4 Å². The summed E-state index contributed by atoms with van der Waals surface area (Å²) in [6.07, 6.45) is 45.8. The third kappa shape index (κ3) is 33.8. The molecule has 0 spiro atoms. The van der Waals surface area contributed by atoms with E-state index in [9.17, 15) is 37.9 Å². The molecule has 0 aromatic carbocycles. The average Bonchev–Trinajstić information content (AvgIpc) is 3.26. The lowest BCUT2D eigenvalue weighted by atomic mass is 10.00. The van der Waals surface area contributed by atoms with Crippen LogP contribution in [-0.2, 0) is 38.7 Å². The van der Waals surface area contributed by atoms with Gasteiger partial charge in [-0.2, -0.15) is 8.42 Å². The van der Waals surface area contributed by atoms with Gasteiger partial charge in [-0.3, -0.25) is 14.1 Å². The van der Waals surface area contributed by atoms with E-state index in [1.807, 2.05) is 24.3 Å². The van der Waals surface area contributed by atoms with Gasteiger partial charge in [-0.05, 0) is 83.5 Å². The van der Waals surface area contributed by atoms with E-state index < -0.39 is 71.2 Å². The maximum Gasteiger partial charge on any atom is 0.306 e. The van der Waals surface area contributed by atoms with E-state index >= 15 is 0 Å². The predicted octanol–water partition coefficient (Wildman–Crippen LogP) is 10.0. The van der Waals surface area contributed by atoms with Crippen molar-refractivity contribution >= 4 is 22.1 Å². The zero-order valence-corrected chi connectivity index (χ0v) is 39.4. The fourth-order valence-electron chi connectivity index (χ4n) is 6.25. The van der Waals surface area contributed by atoms with Crippen molar-refractivity contribution in [2.75, 3.05) is 19.0 Å². The van der Waals surface area contributed by atoms with Crippen LogP contribution in [0.2, 0.25) is 0 Å². The Morgan fingerprint density at radius 2 is 1.02 bits per heavy atom. The number of aliphatic hydroxyl groups is 3. The van der Waals surface area contributed by atoms with Crippen molar-refractivity contribution in [3.8, 4) is 0 Å². The quantitative estimate of drug-likeness (QED) is 0.0200. The van der Waals surface area contributed by atoms with E-state index in [1.165, 1.54) is 38.5 Å². The lowest BCUT2D eigenvalue weighted by molar-refractivity contribution is -0.297. The number of carbonyl (C=O) groups is 2. The van der Waals surface area contributed by atoms with E-state index in [0.717, 1.165) is 51.4 Å². The van der Waals surface area contributed by atoms with E-state index in [2.05, 4.69) is 98.9 Å². The van der Waals surface area contributed by atoms with Crippen LogP contribution < -0.4 is 0 Å². The molecule has 0 aromatic rings. The lowest BCUT2D eigenvalue weighted by Gasteiger charge is -2.40. The summed E-state index contributed by atoms with van der Waals surface area (Å²) in [4.78, 5) is 25.4. The van der Waals surface area contributed by atoms with Gasteiger partial charge in [0.1, 0.15) is 36.8 Å². The molecule has 1 heterocycles. The molecule has 0 aliphatic carbocycles. The Labute approximate surface area is 385 Å². The highest BCUT2D eigenvalue weighted by atomic mass is 32.2. The first kappa shape index (κ1) is 58.3. The molecule has 6 atom stereocenters. The van der Waals surface area contributed by atoms with Gasteiger partial charge in [0.05, 0.1) is 6.61 Å². The number of esters is 2. The Bertz CT molecular complexity index is 1590. The summed E-state index contributed by atoms with van der Waals surface area (Å²) < 4.78 is 54.0. The van der Waals surface area contributed by atoms with Crippen LogP contribution in [0.15, 0.2) is 109 Å². The molecular weight excluding hydrogens is 837 g/mol. The Kier molecular flexibility index (Phi) is 36.1. The second-order valence-electron chi connectivity index (χ2n) is 15.7. The maximum absolute atomic E-state index is 12.8. The monoisotopic (exact) mass is 917 g/mol. The van der Waals surface area contributed by atoms with E-state index in [0.29, 0.717) is 25.7 Å². The highest BCUT2D eigenvalue weighted by molar-refractivity contribution is 7.85. The SMILES string of the molecule is CC/C=C/C/C=C/C/C=C/C/C=C/C/C=C/C/C=C/CCC(=O)OC[C@H](CO[C@H]1O[C@H](CS(=O)(=O)O)[C@@H](O)C(O)C1O)OC(=O)CCC/C=C/C/C=C/C/C=C/CCCCCCCC. The third-order valence-electron chi connectivity index (χ3n) is 9.85. The number of allylic oxidation sites excluding steroid dienone is 18. The third-order valence-corrected chi connectivity index (χ3v) is 10.6. The van der Waals surface area contributed by atoms with Gasteiger partial charge in [-0.25, -0.2) is 0 Å². The Morgan fingerprint density at radius 3 is 1.53 bits per heavy atom. The number of aliphatic hydroxyl groups excluding tert-OH is 3. The second kappa shape index (κ2) is 39.7. The topological polar surface area (TPSA) is 186 Å². The first-order valence-corrected chi connectivity index (χ1v) is 25.1. The van der Waals surface area contributed by atoms with Crippen LogP contribution in [0.4, 0.5) is 0 Å². The van der Waals surface area contributed by atoms with E-state index in [4.69, 9.17) is 18.9 Å². The summed E-state index contributed by atoms with van der Waals surface area (Å²) in [6, 6.07) is 0. The largest absolute Gasteiger partial charge is 0.462 e. The molecule has 1 saturated heterocycles.